The summed E-state index contributed by atoms with van der Waals surface area (Å²) in [5.74, 6) is -0.915. The van der Waals surface area contributed by atoms with Gasteiger partial charge in [-0.15, -0.1) is 0 Å². The van der Waals surface area contributed by atoms with Gasteiger partial charge in [-0.05, 0) is 42.8 Å². The van der Waals surface area contributed by atoms with Gasteiger partial charge in [0.05, 0.1) is 11.1 Å². The van der Waals surface area contributed by atoms with Crippen molar-refractivity contribution in [3.63, 3.8) is 0 Å². The van der Waals surface area contributed by atoms with Crippen molar-refractivity contribution in [1.29, 1.82) is 0 Å². The van der Waals surface area contributed by atoms with Crippen molar-refractivity contribution < 1.29 is 14.3 Å². The highest BCUT2D eigenvalue weighted by molar-refractivity contribution is 6.09. The van der Waals surface area contributed by atoms with Crippen molar-refractivity contribution in [3.8, 4) is 5.75 Å². The molecule has 0 spiro atoms. The van der Waals surface area contributed by atoms with Crippen LogP contribution in [0.2, 0.25) is 0 Å². The Hall–Kier alpha value is -3.67. The predicted molar refractivity (Wildman–Crippen MR) is 111 cm³/mol. The number of aromatic hydroxyl groups is 1. The van der Waals surface area contributed by atoms with E-state index < -0.39 is 5.91 Å². The molecule has 0 fully saturated rings. The van der Waals surface area contributed by atoms with E-state index in [0.717, 1.165) is 16.6 Å². The van der Waals surface area contributed by atoms with Gasteiger partial charge in [-0.2, -0.15) is 5.10 Å². The molecule has 1 heterocycles. The lowest BCUT2D eigenvalue weighted by Crippen LogP contribution is -2.26. The molecule has 1 aromatic heterocycles. The highest BCUT2D eigenvalue weighted by Crippen LogP contribution is 2.29. The third-order valence-corrected chi connectivity index (χ3v) is 4.96. The molecular formula is C23H20FN3O2. The zero-order chi connectivity index (χ0) is 20.5. The Kier molecular flexibility index (Phi) is 4.76. The Morgan fingerprint density at radius 1 is 1.14 bits per heavy atom. The Balaban J connectivity index is 1.70. The molecule has 6 heteroatoms. The Morgan fingerprint density at radius 2 is 1.90 bits per heavy atom. The zero-order valence-electron chi connectivity index (χ0n) is 16.1. The number of H-pyrrole nitrogens is 1. The van der Waals surface area contributed by atoms with Crippen LogP contribution in [0.25, 0.3) is 10.9 Å². The first kappa shape index (κ1) is 18.7. The van der Waals surface area contributed by atoms with E-state index in [2.05, 4.69) is 16.3 Å². The van der Waals surface area contributed by atoms with Crippen molar-refractivity contribution in [3.05, 3.63) is 88.9 Å². The number of aryl methyl sites for hydroxylation is 1. The average molecular weight is 389 g/mol. The van der Waals surface area contributed by atoms with Crippen molar-refractivity contribution >= 4 is 22.5 Å². The van der Waals surface area contributed by atoms with Gasteiger partial charge in [0.25, 0.3) is 5.91 Å². The van der Waals surface area contributed by atoms with E-state index in [-0.39, 0.29) is 17.1 Å². The second kappa shape index (κ2) is 7.39. The Morgan fingerprint density at radius 3 is 2.62 bits per heavy atom. The van der Waals surface area contributed by atoms with Crippen LogP contribution in [0.3, 0.4) is 0 Å². The largest absolute Gasteiger partial charge is 0.507 e. The van der Waals surface area contributed by atoms with Gasteiger partial charge in [0, 0.05) is 36.3 Å². The summed E-state index contributed by atoms with van der Waals surface area (Å²) < 4.78 is 13.2. The summed E-state index contributed by atoms with van der Waals surface area (Å²) in [6.45, 7) is 2.04. The number of fused-ring (bicyclic) bond motifs is 1. The fourth-order valence-corrected chi connectivity index (χ4v) is 3.39. The number of phenols is 1. The minimum absolute atomic E-state index is 0.148. The van der Waals surface area contributed by atoms with Crippen molar-refractivity contribution in [1.82, 2.24) is 10.2 Å². The lowest BCUT2D eigenvalue weighted by molar-refractivity contribution is 0.0990. The standard InChI is InChI=1S/C23H20FN3O2/c1-14-4-3-5-15(10-14)11-20-18-12-19(22(28)13-21(18)26-25-20)23(29)27(2)17-8-6-16(24)7-9-17/h3-10,12-13,28H,11H2,1-2H3,(H,25,26). The van der Waals surface area contributed by atoms with Crippen LogP contribution >= 0.6 is 0 Å². The Labute approximate surface area is 167 Å². The molecule has 0 radical (unpaired) electrons. The second-order valence-corrected chi connectivity index (χ2v) is 7.10. The number of aromatic nitrogens is 2. The lowest BCUT2D eigenvalue weighted by atomic mass is 10.0. The molecule has 0 aliphatic carbocycles. The zero-order valence-corrected chi connectivity index (χ0v) is 16.1. The molecular weight excluding hydrogens is 369 g/mol. The first-order valence-electron chi connectivity index (χ1n) is 9.21. The van der Waals surface area contributed by atoms with Gasteiger partial charge in [0.1, 0.15) is 11.6 Å². The minimum atomic E-state index is -0.390. The number of amides is 1. The van der Waals surface area contributed by atoms with Crippen LogP contribution in [-0.2, 0) is 6.42 Å². The molecule has 5 nitrogen and oxygen atoms in total. The quantitative estimate of drug-likeness (QED) is 0.537. The average Bonchev–Trinajstić information content (AvgIpc) is 3.08. The van der Waals surface area contributed by atoms with Gasteiger partial charge in [0.2, 0.25) is 0 Å². The predicted octanol–water partition coefficient (Wildman–Crippen LogP) is 4.58. The third-order valence-electron chi connectivity index (χ3n) is 4.96. The molecule has 0 atom stereocenters. The number of nitrogens with zero attached hydrogens (tertiary/aromatic N) is 2. The number of aromatic amines is 1. The molecule has 0 saturated heterocycles. The van der Waals surface area contributed by atoms with Crippen LogP contribution in [0.1, 0.15) is 27.2 Å². The molecule has 0 unspecified atom stereocenters. The number of hydrogen-bond donors (Lipinski definition) is 2. The number of anilines is 1. The van der Waals surface area contributed by atoms with E-state index in [1.807, 2.05) is 25.1 Å². The number of carbonyl (C=O) groups is 1. The molecule has 0 saturated carbocycles. The van der Waals surface area contributed by atoms with Gasteiger partial charge >= 0.3 is 0 Å². The molecule has 4 aromatic rings. The van der Waals surface area contributed by atoms with Gasteiger partial charge in [-0.25, -0.2) is 4.39 Å². The molecule has 0 aliphatic heterocycles. The van der Waals surface area contributed by atoms with Crippen LogP contribution < -0.4 is 4.90 Å². The number of rotatable bonds is 4. The number of phenolic OH excluding ortho intramolecular Hbond substituents is 1. The summed E-state index contributed by atoms with van der Waals surface area (Å²) in [6.07, 6.45) is 0.629. The topological polar surface area (TPSA) is 69.2 Å². The SMILES string of the molecule is Cc1cccc(Cc2[nH]nc3cc(O)c(C(=O)N(C)c4ccc(F)cc4)cc23)c1. The summed E-state index contributed by atoms with van der Waals surface area (Å²) in [4.78, 5) is 14.3. The minimum Gasteiger partial charge on any atom is -0.507 e. The first-order chi connectivity index (χ1) is 13.9. The van der Waals surface area contributed by atoms with Crippen molar-refractivity contribution in [2.24, 2.45) is 0 Å². The molecule has 4 rings (SSSR count). The number of carbonyl (C=O) groups excluding carboxylic acids is 1. The number of halogens is 1. The highest BCUT2D eigenvalue weighted by Gasteiger charge is 2.20. The molecule has 0 bridgehead atoms. The number of nitrogens with one attached hydrogen (secondary N) is 1. The van der Waals surface area contributed by atoms with Crippen LogP contribution in [0, 0.1) is 12.7 Å². The van der Waals surface area contributed by atoms with E-state index in [1.165, 1.54) is 40.8 Å². The maximum Gasteiger partial charge on any atom is 0.261 e. The van der Waals surface area contributed by atoms with Gasteiger partial charge in [-0.3, -0.25) is 9.89 Å². The van der Waals surface area contributed by atoms with Crippen LogP contribution in [0.15, 0.2) is 60.7 Å². The van der Waals surface area contributed by atoms with Crippen LogP contribution in [0.5, 0.6) is 5.75 Å². The van der Waals surface area contributed by atoms with Crippen molar-refractivity contribution in [2.45, 2.75) is 13.3 Å². The van der Waals surface area contributed by atoms with E-state index in [1.54, 1.807) is 13.1 Å². The second-order valence-electron chi connectivity index (χ2n) is 7.10. The van der Waals surface area contributed by atoms with E-state index in [4.69, 9.17) is 0 Å². The fraction of sp³-hybridized carbons (Fsp3) is 0.130. The number of benzene rings is 3. The molecule has 0 aliphatic rings. The normalized spacial score (nSPS) is 11.0. The first-order valence-corrected chi connectivity index (χ1v) is 9.21. The van der Waals surface area contributed by atoms with E-state index >= 15 is 0 Å². The number of hydrogen-bond acceptors (Lipinski definition) is 3. The van der Waals surface area contributed by atoms with E-state index in [9.17, 15) is 14.3 Å². The molecule has 1 amide bonds. The molecule has 146 valence electrons. The smallest absolute Gasteiger partial charge is 0.261 e. The summed E-state index contributed by atoms with van der Waals surface area (Å²) in [5, 5.41) is 18.4. The van der Waals surface area contributed by atoms with Crippen LogP contribution in [-0.4, -0.2) is 28.3 Å². The summed E-state index contributed by atoms with van der Waals surface area (Å²) in [7, 11) is 1.59. The molecule has 29 heavy (non-hydrogen) atoms. The molecule has 2 N–H and O–H groups in total. The fourth-order valence-electron chi connectivity index (χ4n) is 3.39. The highest BCUT2D eigenvalue weighted by atomic mass is 19.1. The Bertz CT molecular complexity index is 1200. The summed E-state index contributed by atoms with van der Waals surface area (Å²) in [5.41, 5.74) is 4.44. The maximum absolute atomic E-state index is 13.2. The van der Waals surface area contributed by atoms with Gasteiger partial charge in [0.15, 0.2) is 0 Å². The summed E-state index contributed by atoms with van der Waals surface area (Å²) >= 11 is 0. The lowest BCUT2D eigenvalue weighted by Gasteiger charge is -2.18. The van der Waals surface area contributed by atoms with Gasteiger partial charge in [-0.1, -0.05) is 29.8 Å². The van der Waals surface area contributed by atoms with E-state index in [0.29, 0.717) is 17.6 Å². The maximum atomic E-state index is 13.2. The summed E-state index contributed by atoms with van der Waals surface area (Å²) in [6, 6.07) is 16.9. The van der Waals surface area contributed by atoms with Gasteiger partial charge < -0.3 is 10.0 Å². The third kappa shape index (κ3) is 3.69. The van der Waals surface area contributed by atoms with Crippen LogP contribution in [0.4, 0.5) is 10.1 Å². The van der Waals surface area contributed by atoms with Crippen molar-refractivity contribution in [2.75, 3.05) is 11.9 Å². The monoisotopic (exact) mass is 389 g/mol. The molecule has 3 aromatic carbocycles.